The van der Waals surface area contributed by atoms with Crippen LogP contribution in [0.2, 0.25) is 0 Å². The summed E-state index contributed by atoms with van der Waals surface area (Å²) in [4.78, 5) is -0.189. The predicted molar refractivity (Wildman–Crippen MR) is 85.2 cm³/mol. The Morgan fingerprint density at radius 2 is 2.00 bits per heavy atom. The Morgan fingerprint density at radius 1 is 1.25 bits per heavy atom. The molecule has 0 amide bonds. The molecule has 24 heavy (non-hydrogen) atoms. The van der Waals surface area contributed by atoms with Gasteiger partial charge in [-0.1, -0.05) is 24.3 Å². The third kappa shape index (κ3) is 2.94. The van der Waals surface area contributed by atoms with Crippen molar-refractivity contribution in [2.24, 2.45) is 0 Å². The zero-order valence-corrected chi connectivity index (χ0v) is 12.8. The second-order valence-corrected chi connectivity index (χ2v) is 6.07. The van der Waals surface area contributed by atoms with Gasteiger partial charge in [-0.3, -0.25) is 4.55 Å². The third-order valence-corrected chi connectivity index (χ3v) is 4.15. The number of benzene rings is 2. The van der Waals surface area contributed by atoms with Crippen LogP contribution < -0.4 is 5.32 Å². The molecule has 1 heterocycles. The lowest BCUT2D eigenvalue weighted by Crippen LogP contribution is -2.01. The molecular formula is C14H10N6O3S. The highest BCUT2D eigenvalue weighted by atomic mass is 32.2. The van der Waals surface area contributed by atoms with E-state index in [2.05, 4.69) is 25.9 Å². The van der Waals surface area contributed by atoms with Gasteiger partial charge in [-0.2, -0.15) is 18.9 Å². The Morgan fingerprint density at radius 3 is 2.62 bits per heavy atom. The van der Waals surface area contributed by atoms with Gasteiger partial charge >= 0.3 is 0 Å². The molecule has 3 rings (SSSR count). The van der Waals surface area contributed by atoms with Crippen molar-refractivity contribution in [3.8, 4) is 6.07 Å². The fraction of sp³-hybridized carbons (Fsp3) is 0. The number of nitrogens with zero attached hydrogens (tertiary/aromatic N) is 4. The number of nitriles is 1. The van der Waals surface area contributed by atoms with E-state index in [1.54, 1.807) is 24.3 Å². The lowest BCUT2D eigenvalue weighted by molar-refractivity contribution is 0.484. The summed E-state index contributed by atoms with van der Waals surface area (Å²) in [6.45, 7) is 0. The molecule has 0 bridgehead atoms. The van der Waals surface area contributed by atoms with E-state index in [1.165, 1.54) is 18.3 Å². The molecule has 2 aromatic carbocycles. The Balaban J connectivity index is 2.07. The van der Waals surface area contributed by atoms with E-state index in [0.717, 1.165) is 0 Å². The van der Waals surface area contributed by atoms with Crippen LogP contribution in [-0.4, -0.2) is 33.6 Å². The topological polar surface area (TPSA) is 145 Å². The first-order valence-corrected chi connectivity index (χ1v) is 8.04. The van der Waals surface area contributed by atoms with Crippen molar-refractivity contribution in [1.29, 1.82) is 5.26 Å². The average molecular weight is 342 g/mol. The molecule has 0 spiro atoms. The van der Waals surface area contributed by atoms with E-state index in [0.29, 0.717) is 16.5 Å². The molecule has 120 valence electrons. The maximum absolute atomic E-state index is 11.5. The highest BCUT2D eigenvalue weighted by Gasteiger charge is 2.15. The minimum Gasteiger partial charge on any atom is -0.360 e. The van der Waals surface area contributed by atoms with Gasteiger partial charge in [0.2, 0.25) is 5.82 Å². The summed E-state index contributed by atoms with van der Waals surface area (Å²) < 4.78 is 32.3. The number of fused-ring (bicyclic) bond motifs is 1. The molecule has 0 saturated carbocycles. The van der Waals surface area contributed by atoms with Gasteiger partial charge in [-0.15, -0.1) is 10.2 Å². The minimum atomic E-state index is -4.35. The molecule has 9 nitrogen and oxygen atoms in total. The number of anilines is 1. The quantitative estimate of drug-likeness (QED) is 0.478. The van der Waals surface area contributed by atoms with Crippen LogP contribution >= 0.6 is 0 Å². The van der Waals surface area contributed by atoms with Gasteiger partial charge in [0.05, 0.1) is 0 Å². The Bertz CT molecular complexity index is 1070. The monoisotopic (exact) mass is 342 g/mol. The van der Waals surface area contributed by atoms with E-state index in [9.17, 15) is 13.0 Å². The first-order chi connectivity index (χ1) is 11.5. The number of aromatic nitrogens is 4. The van der Waals surface area contributed by atoms with Crippen LogP contribution in [0.1, 0.15) is 5.82 Å². The van der Waals surface area contributed by atoms with Crippen LogP contribution in [0.4, 0.5) is 5.69 Å². The molecule has 3 aromatic rings. The molecule has 0 aliphatic carbocycles. The highest BCUT2D eigenvalue weighted by molar-refractivity contribution is 7.86. The summed E-state index contributed by atoms with van der Waals surface area (Å²) in [5.74, 6) is 0.129. The van der Waals surface area contributed by atoms with Crippen molar-refractivity contribution in [2.75, 3.05) is 5.32 Å². The maximum Gasteiger partial charge on any atom is 0.295 e. The molecule has 0 fully saturated rings. The lowest BCUT2D eigenvalue weighted by Gasteiger charge is -2.09. The molecule has 0 aliphatic rings. The SMILES string of the molecule is N#CC(=CNc1ccc(S(=O)(=O)O)c2ccccc12)c1nn[nH]n1. The van der Waals surface area contributed by atoms with E-state index in [1.807, 2.05) is 6.07 Å². The Kier molecular flexibility index (Phi) is 3.95. The minimum absolute atomic E-state index is 0.129. The molecule has 0 radical (unpaired) electrons. The van der Waals surface area contributed by atoms with Crippen LogP contribution in [0.15, 0.2) is 47.5 Å². The summed E-state index contributed by atoms with van der Waals surface area (Å²) in [6, 6.07) is 11.4. The molecule has 1 aromatic heterocycles. The molecule has 10 heteroatoms. The van der Waals surface area contributed by atoms with Gasteiger partial charge in [0, 0.05) is 22.7 Å². The number of hydrogen-bond acceptors (Lipinski definition) is 7. The van der Waals surface area contributed by atoms with Crippen LogP contribution in [0, 0.1) is 11.3 Å². The van der Waals surface area contributed by atoms with E-state index >= 15 is 0 Å². The van der Waals surface area contributed by atoms with Crippen LogP contribution in [0.25, 0.3) is 16.3 Å². The fourth-order valence-corrected chi connectivity index (χ4v) is 2.89. The largest absolute Gasteiger partial charge is 0.360 e. The smallest absolute Gasteiger partial charge is 0.295 e. The van der Waals surface area contributed by atoms with Crippen molar-refractivity contribution < 1.29 is 13.0 Å². The first-order valence-electron chi connectivity index (χ1n) is 6.60. The second-order valence-electron chi connectivity index (χ2n) is 4.68. The normalized spacial score (nSPS) is 12.1. The summed E-state index contributed by atoms with van der Waals surface area (Å²) in [5.41, 5.74) is 0.695. The van der Waals surface area contributed by atoms with Crippen LogP contribution in [0.5, 0.6) is 0 Å². The number of aromatic amines is 1. The second kappa shape index (κ2) is 6.07. The molecule has 0 atom stereocenters. The van der Waals surface area contributed by atoms with Gasteiger partial charge in [0.25, 0.3) is 10.1 Å². The van der Waals surface area contributed by atoms with Crippen molar-refractivity contribution in [3.05, 3.63) is 48.4 Å². The summed E-state index contributed by atoms with van der Waals surface area (Å²) in [6.07, 6.45) is 1.39. The third-order valence-electron chi connectivity index (χ3n) is 3.24. The zero-order chi connectivity index (χ0) is 17.2. The molecule has 0 saturated heterocycles. The van der Waals surface area contributed by atoms with Gasteiger partial charge in [0.1, 0.15) is 16.5 Å². The number of allylic oxidation sites excluding steroid dienone is 1. The summed E-state index contributed by atoms with van der Waals surface area (Å²) in [5, 5.41) is 26.1. The zero-order valence-electron chi connectivity index (χ0n) is 12.0. The Labute approximate surface area is 136 Å². The summed E-state index contributed by atoms with van der Waals surface area (Å²) >= 11 is 0. The van der Waals surface area contributed by atoms with Gasteiger partial charge in [-0.25, -0.2) is 0 Å². The number of hydrogen-bond donors (Lipinski definition) is 3. The molecule has 0 aliphatic heterocycles. The first kappa shape index (κ1) is 15.6. The molecule has 3 N–H and O–H groups in total. The van der Waals surface area contributed by atoms with E-state index in [4.69, 9.17) is 5.26 Å². The predicted octanol–water partition coefficient (Wildman–Crippen LogP) is 1.58. The average Bonchev–Trinajstić information content (AvgIpc) is 3.08. The highest BCUT2D eigenvalue weighted by Crippen LogP contribution is 2.29. The van der Waals surface area contributed by atoms with Crippen molar-refractivity contribution in [3.63, 3.8) is 0 Å². The maximum atomic E-state index is 11.5. The van der Waals surface area contributed by atoms with Gasteiger partial charge in [0.15, 0.2) is 0 Å². The van der Waals surface area contributed by atoms with Crippen molar-refractivity contribution in [2.45, 2.75) is 4.90 Å². The molecular weight excluding hydrogens is 332 g/mol. The molecule has 0 unspecified atom stereocenters. The van der Waals surface area contributed by atoms with Crippen molar-refractivity contribution in [1.82, 2.24) is 20.6 Å². The van der Waals surface area contributed by atoms with Crippen LogP contribution in [-0.2, 0) is 10.1 Å². The van der Waals surface area contributed by atoms with E-state index in [-0.39, 0.29) is 16.3 Å². The number of nitrogens with one attached hydrogen (secondary N) is 2. The van der Waals surface area contributed by atoms with Crippen LogP contribution in [0.3, 0.4) is 0 Å². The van der Waals surface area contributed by atoms with Crippen molar-refractivity contribution >= 4 is 32.2 Å². The van der Waals surface area contributed by atoms with Gasteiger partial charge in [-0.05, 0) is 17.3 Å². The summed E-state index contributed by atoms with van der Waals surface area (Å²) in [7, 11) is -4.35. The number of H-pyrrole nitrogens is 1. The fourth-order valence-electron chi connectivity index (χ4n) is 2.19. The van der Waals surface area contributed by atoms with E-state index < -0.39 is 10.1 Å². The lowest BCUT2D eigenvalue weighted by atomic mass is 10.1. The Hall–Kier alpha value is -3.29. The standard InChI is InChI=1S/C14H10N6O3S/c15-7-9(14-17-19-20-18-14)8-16-12-5-6-13(24(21,22)23)11-4-2-1-3-10(11)12/h1-6,8,16H,(H,21,22,23)(H,17,18,19,20). The number of rotatable bonds is 4. The number of tetrazole rings is 1. The van der Waals surface area contributed by atoms with Gasteiger partial charge < -0.3 is 5.32 Å².